The molecule has 0 atom stereocenters. The minimum Gasteiger partial charge on any atom is -0.366 e. The van der Waals surface area contributed by atoms with Crippen LogP contribution in [0.15, 0.2) is 60.8 Å². The number of benzene rings is 2. The number of aryl methyl sites for hydroxylation is 1. The Morgan fingerprint density at radius 2 is 1.87 bits per heavy atom. The Bertz CT molecular complexity index is 1270. The molecule has 0 spiro atoms. The summed E-state index contributed by atoms with van der Waals surface area (Å²) in [6, 6.07) is 15.9. The van der Waals surface area contributed by atoms with Crippen LogP contribution in [0.25, 0.3) is 22.3 Å². The fourth-order valence-corrected chi connectivity index (χ4v) is 3.49. The summed E-state index contributed by atoms with van der Waals surface area (Å²) in [5, 5.41) is 7.99. The van der Waals surface area contributed by atoms with Gasteiger partial charge >= 0.3 is 0 Å². The lowest BCUT2D eigenvalue weighted by atomic mass is 10.1. The van der Waals surface area contributed by atoms with Gasteiger partial charge < -0.3 is 11.1 Å². The molecular weight excluding hydrogens is 402 g/mol. The molecule has 2 aromatic carbocycles. The molecule has 0 aliphatic rings. The third-order valence-electron chi connectivity index (χ3n) is 4.72. The summed E-state index contributed by atoms with van der Waals surface area (Å²) in [5.41, 5.74) is 8.55. The highest BCUT2D eigenvalue weighted by molar-refractivity contribution is 6.34. The highest BCUT2D eigenvalue weighted by Gasteiger charge is 2.18. The Balaban J connectivity index is 1.77. The summed E-state index contributed by atoms with van der Waals surface area (Å²) in [5.74, 6) is -0.966. The van der Waals surface area contributed by atoms with Crippen molar-refractivity contribution in [2.24, 2.45) is 5.73 Å². The first-order valence-electron chi connectivity index (χ1n) is 9.30. The number of nitrogens with zero attached hydrogens (tertiary/aromatic N) is 3. The van der Waals surface area contributed by atoms with Crippen molar-refractivity contribution in [2.75, 3.05) is 5.32 Å². The third-order valence-corrected chi connectivity index (χ3v) is 5.03. The van der Waals surface area contributed by atoms with Gasteiger partial charge in [0.15, 0.2) is 5.65 Å². The maximum Gasteiger partial charge on any atom is 0.256 e. The number of carbonyl (C=O) groups excluding carboxylic acids is 2. The van der Waals surface area contributed by atoms with Gasteiger partial charge in [0.25, 0.3) is 5.91 Å². The highest BCUT2D eigenvalue weighted by Crippen LogP contribution is 2.26. The number of hydrogen-bond donors (Lipinski definition) is 2. The second-order valence-corrected chi connectivity index (χ2v) is 7.04. The maximum absolute atomic E-state index is 13.1. The molecular formula is C22H18ClN5O2. The number of halogens is 1. The van der Waals surface area contributed by atoms with Gasteiger partial charge in [0.05, 0.1) is 33.4 Å². The Morgan fingerprint density at radius 3 is 2.53 bits per heavy atom. The second-order valence-electron chi connectivity index (χ2n) is 6.63. The standard InChI is InChI=1S/C22H18ClN5O2/c1-2-28-21-17(12-25-28)16(11-19(27-21)13-6-4-3-5-7-13)22(30)26-14-8-9-15(20(24)29)18(23)10-14/h3-12H,2H2,1H3,(H2,24,29)(H,26,30). The highest BCUT2D eigenvalue weighted by atomic mass is 35.5. The Labute approximate surface area is 177 Å². The maximum atomic E-state index is 13.1. The first-order valence-corrected chi connectivity index (χ1v) is 9.68. The van der Waals surface area contributed by atoms with Gasteiger partial charge in [-0.05, 0) is 31.2 Å². The largest absolute Gasteiger partial charge is 0.366 e. The number of rotatable bonds is 5. The summed E-state index contributed by atoms with van der Waals surface area (Å²) < 4.78 is 1.75. The van der Waals surface area contributed by atoms with E-state index in [2.05, 4.69) is 10.4 Å². The minimum absolute atomic E-state index is 0.170. The quantitative estimate of drug-likeness (QED) is 0.507. The van der Waals surface area contributed by atoms with Crippen molar-refractivity contribution in [3.05, 3.63) is 76.9 Å². The van der Waals surface area contributed by atoms with Crippen molar-refractivity contribution >= 4 is 40.1 Å². The number of nitrogens with two attached hydrogens (primary N) is 1. The number of aromatic nitrogens is 3. The van der Waals surface area contributed by atoms with Crippen molar-refractivity contribution in [3.63, 3.8) is 0 Å². The molecule has 4 rings (SSSR count). The number of primary amides is 1. The zero-order valence-corrected chi connectivity index (χ0v) is 16.8. The summed E-state index contributed by atoms with van der Waals surface area (Å²) in [7, 11) is 0. The van der Waals surface area contributed by atoms with Gasteiger partial charge in [0.2, 0.25) is 5.91 Å². The van der Waals surface area contributed by atoms with Gasteiger partial charge in [0.1, 0.15) is 0 Å². The fourth-order valence-electron chi connectivity index (χ4n) is 3.21. The lowest BCUT2D eigenvalue weighted by Crippen LogP contribution is -2.15. The molecule has 150 valence electrons. The van der Waals surface area contributed by atoms with Crippen molar-refractivity contribution in [1.29, 1.82) is 0 Å². The number of pyridine rings is 1. The normalized spacial score (nSPS) is 10.9. The SMILES string of the molecule is CCn1ncc2c(C(=O)Nc3ccc(C(N)=O)c(Cl)c3)cc(-c3ccccc3)nc21. The molecule has 0 aliphatic carbocycles. The number of carbonyl (C=O) groups is 2. The molecule has 2 aromatic heterocycles. The summed E-state index contributed by atoms with van der Waals surface area (Å²) in [6.45, 7) is 2.59. The smallest absolute Gasteiger partial charge is 0.256 e. The molecule has 0 aliphatic heterocycles. The van der Waals surface area contributed by atoms with Crippen molar-refractivity contribution in [2.45, 2.75) is 13.5 Å². The molecule has 0 radical (unpaired) electrons. The molecule has 0 saturated carbocycles. The van der Waals surface area contributed by atoms with Crippen LogP contribution in [0, 0.1) is 0 Å². The minimum atomic E-state index is -0.631. The van der Waals surface area contributed by atoms with Gasteiger partial charge in [-0.3, -0.25) is 9.59 Å². The average Bonchev–Trinajstić information content (AvgIpc) is 3.16. The lowest BCUT2D eigenvalue weighted by Gasteiger charge is -2.10. The number of anilines is 1. The monoisotopic (exact) mass is 419 g/mol. The molecule has 0 unspecified atom stereocenters. The summed E-state index contributed by atoms with van der Waals surface area (Å²) in [4.78, 5) is 29.2. The van der Waals surface area contributed by atoms with Crippen LogP contribution >= 0.6 is 11.6 Å². The van der Waals surface area contributed by atoms with Crippen LogP contribution in [-0.2, 0) is 6.54 Å². The van der Waals surface area contributed by atoms with Crippen LogP contribution in [0.5, 0.6) is 0 Å². The van der Waals surface area contributed by atoms with Gasteiger partial charge in [0, 0.05) is 17.8 Å². The predicted molar refractivity (Wildman–Crippen MR) is 117 cm³/mol. The summed E-state index contributed by atoms with van der Waals surface area (Å²) in [6.07, 6.45) is 1.64. The molecule has 0 fully saturated rings. The van der Waals surface area contributed by atoms with E-state index in [4.69, 9.17) is 22.3 Å². The number of fused-ring (bicyclic) bond motifs is 1. The Morgan fingerprint density at radius 1 is 1.10 bits per heavy atom. The van der Waals surface area contributed by atoms with Gasteiger partial charge in [-0.1, -0.05) is 41.9 Å². The van der Waals surface area contributed by atoms with Crippen LogP contribution in [0.3, 0.4) is 0 Å². The van der Waals surface area contributed by atoms with E-state index in [-0.39, 0.29) is 16.5 Å². The lowest BCUT2D eigenvalue weighted by molar-refractivity contribution is 0.0998. The molecule has 4 aromatic rings. The van der Waals surface area contributed by atoms with E-state index in [0.717, 1.165) is 5.56 Å². The van der Waals surface area contributed by atoms with Crippen LogP contribution in [0.1, 0.15) is 27.6 Å². The van der Waals surface area contributed by atoms with E-state index in [1.54, 1.807) is 23.0 Å². The average molecular weight is 420 g/mol. The number of amides is 2. The third kappa shape index (κ3) is 3.62. The topological polar surface area (TPSA) is 103 Å². The Hall–Kier alpha value is -3.71. The molecule has 30 heavy (non-hydrogen) atoms. The van der Waals surface area contributed by atoms with Crippen LogP contribution in [-0.4, -0.2) is 26.6 Å². The number of nitrogens with one attached hydrogen (secondary N) is 1. The van der Waals surface area contributed by atoms with Gasteiger partial charge in [-0.15, -0.1) is 0 Å². The first kappa shape index (κ1) is 19.6. The van der Waals surface area contributed by atoms with E-state index >= 15 is 0 Å². The summed E-state index contributed by atoms with van der Waals surface area (Å²) >= 11 is 6.10. The second kappa shape index (κ2) is 7.96. The Kier molecular flexibility index (Phi) is 5.20. The van der Waals surface area contributed by atoms with E-state index in [1.165, 1.54) is 12.1 Å². The predicted octanol–water partition coefficient (Wildman–Crippen LogP) is 4.12. The van der Waals surface area contributed by atoms with E-state index in [1.807, 2.05) is 37.3 Å². The van der Waals surface area contributed by atoms with Crippen LogP contribution < -0.4 is 11.1 Å². The molecule has 0 saturated heterocycles. The zero-order chi connectivity index (χ0) is 21.3. The van der Waals surface area contributed by atoms with E-state index in [9.17, 15) is 9.59 Å². The van der Waals surface area contributed by atoms with Gasteiger partial charge in [-0.25, -0.2) is 9.67 Å². The van der Waals surface area contributed by atoms with Gasteiger partial charge in [-0.2, -0.15) is 5.10 Å². The molecule has 3 N–H and O–H groups in total. The van der Waals surface area contributed by atoms with Crippen LogP contribution in [0.4, 0.5) is 5.69 Å². The molecule has 8 heteroatoms. The van der Waals surface area contributed by atoms with E-state index < -0.39 is 5.91 Å². The molecule has 7 nitrogen and oxygen atoms in total. The fraction of sp³-hybridized carbons (Fsp3) is 0.0909. The first-order chi connectivity index (χ1) is 14.5. The number of hydrogen-bond acceptors (Lipinski definition) is 4. The van der Waals surface area contributed by atoms with Crippen molar-refractivity contribution < 1.29 is 9.59 Å². The van der Waals surface area contributed by atoms with Crippen LogP contribution in [0.2, 0.25) is 5.02 Å². The van der Waals surface area contributed by atoms with E-state index in [0.29, 0.717) is 34.5 Å². The van der Waals surface area contributed by atoms with Crippen molar-refractivity contribution in [3.8, 4) is 11.3 Å². The van der Waals surface area contributed by atoms with Crippen molar-refractivity contribution in [1.82, 2.24) is 14.8 Å². The molecule has 0 bridgehead atoms. The molecule has 2 amide bonds. The zero-order valence-electron chi connectivity index (χ0n) is 16.1. The molecule has 2 heterocycles.